The lowest BCUT2D eigenvalue weighted by atomic mass is 9.80. The van der Waals surface area contributed by atoms with E-state index in [2.05, 4.69) is 15.6 Å². The fraction of sp³-hybridized carbons (Fsp3) is 0.208. The Hall–Kier alpha value is -7.07. The highest BCUT2D eigenvalue weighted by Gasteiger charge is 2.41. The van der Waals surface area contributed by atoms with Gasteiger partial charge in [-0.25, -0.2) is 15.2 Å². The van der Waals surface area contributed by atoms with E-state index in [1.54, 1.807) is 53.0 Å². The van der Waals surface area contributed by atoms with Gasteiger partial charge in [-0.3, -0.25) is 14.5 Å². The lowest BCUT2D eigenvalue weighted by Gasteiger charge is -2.40. The molecule has 7 N–H and O–H groups in total. The predicted octanol–water partition coefficient (Wildman–Crippen LogP) is 7.67. The summed E-state index contributed by atoms with van der Waals surface area (Å²) in [5, 5.41) is 19.8. The Morgan fingerprint density at radius 1 is 1.08 bits per heavy atom. The number of aromatic hydroxyl groups is 1. The van der Waals surface area contributed by atoms with Gasteiger partial charge in [0.15, 0.2) is 28.2 Å². The number of carbonyl (C=O) groups is 3. The molecule has 1 aromatic heterocycles. The Kier molecular flexibility index (Phi) is 12.2. The van der Waals surface area contributed by atoms with Crippen LogP contribution >= 0.6 is 11.3 Å². The summed E-state index contributed by atoms with van der Waals surface area (Å²) in [4.78, 5) is 46.0. The van der Waals surface area contributed by atoms with E-state index in [1.807, 2.05) is 68.4 Å². The molecule has 13 nitrogen and oxygen atoms in total. The molecule has 3 heterocycles. The number of nitrogens with zero attached hydrogens (tertiary/aromatic N) is 3. The summed E-state index contributed by atoms with van der Waals surface area (Å²) in [7, 11) is 0. The van der Waals surface area contributed by atoms with Gasteiger partial charge in [0.1, 0.15) is 18.6 Å². The molecule has 0 spiro atoms. The lowest BCUT2D eigenvalue weighted by Crippen LogP contribution is -2.47. The third kappa shape index (κ3) is 9.12. The van der Waals surface area contributed by atoms with Crippen LogP contribution in [0.3, 0.4) is 0 Å². The number of halogens is 1. The molecule has 8 rings (SSSR count). The number of benzene rings is 5. The Morgan fingerprint density at radius 2 is 1.89 bits per heavy atom. The molecule has 0 saturated carbocycles. The number of hydrogen-bond donors (Lipinski definition) is 5. The van der Waals surface area contributed by atoms with Gasteiger partial charge in [-0.05, 0) is 85.0 Å². The summed E-state index contributed by atoms with van der Waals surface area (Å²) in [6.45, 7) is 4.78. The second kappa shape index (κ2) is 18.1. The number of aryl methyl sites for hydroxylation is 1. The van der Waals surface area contributed by atoms with Crippen molar-refractivity contribution in [1.82, 2.24) is 15.3 Å². The van der Waals surface area contributed by atoms with E-state index in [0.29, 0.717) is 51.9 Å². The van der Waals surface area contributed by atoms with Gasteiger partial charge in [0, 0.05) is 59.2 Å². The van der Waals surface area contributed by atoms with E-state index in [4.69, 9.17) is 21.1 Å². The predicted molar refractivity (Wildman–Crippen MR) is 240 cm³/mol. The Morgan fingerprint density at radius 3 is 2.65 bits per heavy atom. The average Bonchev–Trinajstić information content (AvgIpc) is 3.78. The number of aldehydes is 1. The standard InChI is InChI=1S/C48H46FN7O6S/c1-29-10-12-30(13-11-29)45-37(28-57)35-8-3-4-9-36(35)46(60)56(45)33-7-5-6-32(22-33)40(50)27-55(51)19-20-61-42-23-31-16-17-53-48(2,26-44(59)54-47-52-18-21-63-47)38(31)25-43(42)62-34-14-15-41(58)39(49)24-34/h3-15,18,21-25,27-28,37,45,53,58H,16-17,19-20,26,50-51H2,1-2H3,(H,52,54,59)/b40-27-. The van der Waals surface area contributed by atoms with E-state index in [-0.39, 0.29) is 42.9 Å². The Balaban J connectivity index is 1.02. The van der Waals surface area contributed by atoms with Crippen LogP contribution in [0.15, 0.2) is 121 Å². The SMILES string of the molecule is Cc1ccc(C2C(C=O)c3ccccc3C(=O)N2c2cccc(/C(N)=C/N(N)CCOc3cc4c(cc3Oc3ccc(O)c(F)c3)C(C)(CC(=O)Nc3nccs3)NCC4)c2)cc1. The molecule has 0 radical (unpaired) electrons. The first-order valence-electron chi connectivity index (χ1n) is 20.3. The molecule has 63 heavy (non-hydrogen) atoms. The topological polar surface area (TPSA) is 185 Å². The summed E-state index contributed by atoms with van der Waals surface area (Å²) in [6.07, 6.45) is 4.83. The van der Waals surface area contributed by atoms with Crippen LogP contribution in [0.4, 0.5) is 15.2 Å². The number of rotatable bonds is 14. The number of anilines is 2. The molecule has 0 bridgehead atoms. The molecule has 2 aliphatic heterocycles. The number of hydrazine groups is 1. The van der Waals surface area contributed by atoms with Crippen LogP contribution in [0.1, 0.15) is 69.0 Å². The van der Waals surface area contributed by atoms with Crippen molar-refractivity contribution in [3.05, 3.63) is 166 Å². The first kappa shape index (κ1) is 42.6. The van der Waals surface area contributed by atoms with Gasteiger partial charge < -0.3 is 40.8 Å². The maximum atomic E-state index is 14.4. The molecule has 3 atom stereocenters. The molecular weight excluding hydrogens is 822 g/mol. The molecule has 0 fully saturated rings. The van der Waals surface area contributed by atoms with Crippen LogP contribution < -0.4 is 36.6 Å². The molecule has 0 aliphatic carbocycles. The summed E-state index contributed by atoms with van der Waals surface area (Å²) < 4.78 is 26.9. The van der Waals surface area contributed by atoms with Crippen LogP contribution in [-0.4, -0.2) is 52.9 Å². The molecule has 0 saturated heterocycles. The average molecular weight is 868 g/mol. The number of phenols is 1. The van der Waals surface area contributed by atoms with E-state index < -0.39 is 29.1 Å². The van der Waals surface area contributed by atoms with Gasteiger partial charge in [-0.15, -0.1) is 11.3 Å². The number of hydrogen-bond acceptors (Lipinski definition) is 12. The molecule has 5 aromatic carbocycles. The fourth-order valence-electron chi connectivity index (χ4n) is 8.22. The number of amides is 2. The van der Waals surface area contributed by atoms with Crippen molar-refractivity contribution in [1.29, 1.82) is 0 Å². The zero-order valence-electron chi connectivity index (χ0n) is 34.6. The molecule has 2 amide bonds. The minimum absolute atomic E-state index is 0.0815. The highest BCUT2D eigenvalue weighted by atomic mass is 32.1. The zero-order valence-corrected chi connectivity index (χ0v) is 35.4. The van der Waals surface area contributed by atoms with E-state index >= 15 is 0 Å². The maximum Gasteiger partial charge on any atom is 0.259 e. The van der Waals surface area contributed by atoms with Gasteiger partial charge in [-0.1, -0.05) is 60.2 Å². The summed E-state index contributed by atoms with van der Waals surface area (Å²) in [5.74, 6) is 4.79. The minimum atomic E-state index is -0.851. The van der Waals surface area contributed by atoms with Crippen LogP contribution in [0, 0.1) is 12.7 Å². The van der Waals surface area contributed by atoms with E-state index in [0.717, 1.165) is 34.6 Å². The lowest BCUT2D eigenvalue weighted by molar-refractivity contribution is -0.117. The van der Waals surface area contributed by atoms with Crippen molar-refractivity contribution in [2.45, 2.75) is 44.2 Å². The first-order valence-corrected chi connectivity index (χ1v) is 21.2. The largest absolute Gasteiger partial charge is 0.505 e. The summed E-state index contributed by atoms with van der Waals surface area (Å²) in [6, 6.07) is 29.0. The molecule has 322 valence electrons. The second-order valence-corrected chi connectivity index (χ2v) is 16.6. The van der Waals surface area contributed by atoms with Crippen LogP contribution in [0.5, 0.6) is 23.0 Å². The van der Waals surface area contributed by atoms with Crippen molar-refractivity contribution in [3.63, 3.8) is 0 Å². The number of thiazole rings is 1. The third-order valence-electron chi connectivity index (χ3n) is 11.3. The quantitative estimate of drug-likeness (QED) is 0.0411. The summed E-state index contributed by atoms with van der Waals surface area (Å²) >= 11 is 1.33. The number of fused-ring (bicyclic) bond motifs is 2. The second-order valence-electron chi connectivity index (χ2n) is 15.7. The Labute approximate surface area is 367 Å². The number of aromatic nitrogens is 1. The number of ether oxygens (including phenoxy) is 2. The number of carbonyl (C=O) groups excluding carboxylic acids is 3. The van der Waals surface area contributed by atoms with E-state index in [1.165, 1.54) is 28.5 Å². The van der Waals surface area contributed by atoms with Gasteiger partial charge in [0.25, 0.3) is 5.91 Å². The third-order valence-corrected chi connectivity index (χ3v) is 12.0. The van der Waals surface area contributed by atoms with Gasteiger partial charge >= 0.3 is 0 Å². The maximum absolute atomic E-state index is 14.4. The van der Waals surface area contributed by atoms with Gasteiger partial charge in [0.05, 0.1) is 24.2 Å². The van der Waals surface area contributed by atoms with Crippen LogP contribution in [-0.2, 0) is 21.5 Å². The normalized spacial score (nSPS) is 18.3. The highest BCUT2D eigenvalue weighted by molar-refractivity contribution is 7.13. The van der Waals surface area contributed by atoms with Crippen molar-refractivity contribution in [3.8, 4) is 23.0 Å². The molecule has 2 aliphatic rings. The van der Waals surface area contributed by atoms with Crippen LogP contribution in [0.2, 0.25) is 0 Å². The van der Waals surface area contributed by atoms with Crippen molar-refractivity contribution >= 4 is 46.0 Å². The monoisotopic (exact) mass is 867 g/mol. The van der Waals surface area contributed by atoms with Gasteiger partial charge in [-0.2, -0.15) is 0 Å². The smallest absolute Gasteiger partial charge is 0.259 e. The summed E-state index contributed by atoms with van der Waals surface area (Å²) in [5.41, 5.74) is 12.1. The fourth-order valence-corrected chi connectivity index (χ4v) is 8.76. The van der Waals surface area contributed by atoms with Gasteiger partial charge in [0.2, 0.25) is 5.91 Å². The molecule has 3 unspecified atom stereocenters. The Bertz CT molecular complexity index is 2690. The van der Waals surface area contributed by atoms with E-state index in [9.17, 15) is 23.9 Å². The van der Waals surface area contributed by atoms with Crippen molar-refractivity contribution in [2.24, 2.45) is 11.6 Å². The van der Waals surface area contributed by atoms with Crippen molar-refractivity contribution < 1.29 is 33.4 Å². The van der Waals surface area contributed by atoms with Crippen molar-refractivity contribution in [2.75, 3.05) is 29.9 Å². The number of nitrogens with one attached hydrogen (secondary N) is 2. The molecule has 6 aromatic rings. The minimum Gasteiger partial charge on any atom is -0.505 e. The first-order chi connectivity index (χ1) is 30.4. The number of nitrogens with two attached hydrogens (primary N) is 2. The van der Waals surface area contributed by atoms with Crippen LogP contribution in [0.25, 0.3) is 5.70 Å². The number of phenolic OH excluding ortho intramolecular Hbond substituents is 1. The molecule has 15 heteroatoms. The molecular formula is C48H46FN7O6S. The highest BCUT2D eigenvalue weighted by Crippen LogP contribution is 2.45. The zero-order chi connectivity index (χ0) is 44.3.